The van der Waals surface area contributed by atoms with Crippen LogP contribution >= 0.6 is 23.2 Å². The van der Waals surface area contributed by atoms with Crippen LogP contribution in [0.5, 0.6) is 0 Å². The van der Waals surface area contributed by atoms with Crippen LogP contribution in [0.3, 0.4) is 0 Å². The average molecular weight is 306 g/mol. The maximum absolute atomic E-state index is 11.2. The highest BCUT2D eigenvalue weighted by Crippen LogP contribution is 2.26. The number of ether oxygens (including phenoxy) is 1. The van der Waals surface area contributed by atoms with Crippen LogP contribution in [0.4, 0.5) is 11.4 Å². The van der Waals surface area contributed by atoms with E-state index in [0.29, 0.717) is 0 Å². The third-order valence-electron chi connectivity index (χ3n) is 1.88. The fourth-order valence-corrected chi connectivity index (χ4v) is 1.31. The van der Waals surface area contributed by atoms with Gasteiger partial charge in [0.1, 0.15) is 0 Å². The summed E-state index contributed by atoms with van der Waals surface area (Å²) in [5.41, 5.74) is 2.35. The van der Waals surface area contributed by atoms with Crippen LogP contribution in [0.15, 0.2) is 23.3 Å². The number of nitrogens with zero attached hydrogens (tertiary/aromatic N) is 2. The highest BCUT2D eigenvalue weighted by molar-refractivity contribution is 6.82. The normalized spacial score (nSPS) is 11.0. The van der Waals surface area contributed by atoms with E-state index in [9.17, 15) is 14.9 Å². The molecule has 0 saturated heterocycles. The molecule has 0 saturated carbocycles. The predicted molar refractivity (Wildman–Crippen MR) is 71.7 cm³/mol. The standard InChI is InChI=1S/C10H9Cl2N3O4/c1-2-19-10(16)9(12)14-13-8-5-6(15(17)18)3-4-7(8)11/h3-5,13H,2H2,1H3. The van der Waals surface area contributed by atoms with E-state index in [1.807, 2.05) is 0 Å². The quantitative estimate of drug-likeness (QED) is 0.391. The zero-order valence-electron chi connectivity index (χ0n) is 9.72. The van der Waals surface area contributed by atoms with E-state index in [0.717, 1.165) is 0 Å². The molecule has 0 bridgehead atoms. The molecule has 0 radical (unpaired) electrons. The number of hydrogen-bond donors (Lipinski definition) is 1. The van der Waals surface area contributed by atoms with Crippen LogP contribution < -0.4 is 5.43 Å². The van der Waals surface area contributed by atoms with Crippen molar-refractivity contribution in [3.63, 3.8) is 0 Å². The largest absolute Gasteiger partial charge is 0.461 e. The van der Waals surface area contributed by atoms with Gasteiger partial charge in [-0.15, -0.1) is 0 Å². The summed E-state index contributed by atoms with van der Waals surface area (Å²) < 4.78 is 4.60. The van der Waals surface area contributed by atoms with Crippen LogP contribution in [0.1, 0.15) is 6.92 Å². The van der Waals surface area contributed by atoms with Crippen molar-refractivity contribution in [2.45, 2.75) is 6.92 Å². The monoisotopic (exact) mass is 305 g/mol. The first kappa shape index (κ1) is 15.2. The summed E-state index contributed by atoms with van der Waals surface area (Å²) in [6, 6.07) is 3.74. The molecule has 0 aromatic heterocycles. The predicted octanol–water partition coefficient (Wildman–Crippen LogP) is 2.78. The third-order valence-corrected chi connectivity index (χ3v) is 2.45. The van der Waals surface area contributed by atoms with Gasteiger partial charge in [0.25, 0.3) is 5.69 Å². The number of esters is 1. The first-order chi connectivity index (χ1) is 8.95. The second kappa shape index (κ2) is 6.91. The Morgan fingerprint density at radius 3 is 2.84 bits per heavy atom. The van der Waals surface area contributed by atoms with Gasteiger partial charge in [0.15, 0.2) is 0 Å². The van der Waals surface area contributed by atoms with Crippen molar-refractivity contribution >= 4 is 45.7 Å². The topological polar surface area (TPSA) is 93.8 Å². The summed E-state index contributed by atoms with van der Waals surface area (Å²) in [4.78, 5) is 21.2. The third kappa shape index (κ3) is 4.38. The van der Waals surface area contributed by atoms with Crippen molar-refractivity contribution in [2.75, 3.05) is 12.0 Å². The van der Waals surface area contributed by atoms with E-state index in [2.05, 4.69) is 15.3 Å². The average Bonchev–Trinajstić information content (AvgIpc) is 2.37. The Balaban J connectivity index is 2.87. The van der Waals surface area contributed by atoms with Crippen LogP contribution in [0.2, 0.25) is 5.02 Å². The lowest BCUT2D eigenvalue weighted by Gasteiger charge is -2.04. The van der Waals surface area contributed by atoms with Gasteiger partial charge >= 0.3 is 5.97 Å². The number of hydrazone groups is 1. The van der Waals surface area contributed by atoms with Gasteiger partial charge in [-0.3, -0.25) is 15.5 Å². The van der Waals surface area contributed by atoms with Crippen LogP contribution in [-0.2, 0) is 9.53 Å². The zero-order chi connectivity index (χ0) is 14.4. The molecule has 0 aliphatic carbocycles. The van der Waals surface area contributed by atoms with E-state index in [-0.39, 0.29) is 23.0 Å². The molecule has 19 heavy (non-hydrogen) atoms. The number of nitro benzene ring substituents is 1. The highest BCUT2D eigenvalue weighted by Gasteiger charge is 2.12. The van der Waals surface area contributed by atoms with E-state index in [4.69, 9.17) is 23.2 Å². The molecule has 0 aliphatic heterocycles. The summed E-state index contributed by atoms with van der Waals surface area (Å²) in [7, 11) is 0. The molecule has 0 unspecified atom stereocenters. The molecule has 0 heterocycles. The summed E-state index contributed by atoms with van der Waals surface area (Å²) in [6.45, 7) is 1.77. The van der Waals surface area contributed by atoms with E-state index in [1.54, 1.807) is 6.92 Å². The fourth-order valence-electron chi connectivity index (χ4n) is 1.06. The van der Waals surface area contributed by atoms with Gasteiger partial charge in [-0.25, -0.2) is 4.79 Å². The fraction of sp³-hybridized carbons (Fsp3) is 0.200. The maximum atomic E-state index is 11.2. The van der Waals surface area contributed by atoms with Crippen molar-refractivity contribution < 1.29 is 14.5 Å². The summed E-state index contributed by atoms with van der Waals surface area (Å²) in [5.74, 6) is -0.807. The number of carbonyl (C=O) groups excluding carboxylic acids is 1. The molecule has 0 fully saturated rings. The van der Waals surface area contributed by atoms with Gasteiger partial charge in [-0.05, 0) is 13.0 Å². The van der Waals surface area contributed by atoms with Gasteiger partial charge in [-0.1, -0.05) is 23.2 Å². The van der Waals surface area contributed by atoms with Crippen LogP contribution in [0.25, 0.3) is 0 Å². The molecule has 7 nitrogen and oxygen atoms in total. The number of nitrogens with one attached hydrogen (secondary N) is 1. The molecular formula is C10H9Cl2N3O4. The lowest BCUT2D eigenvalue weighted by atomic mass is 10.3. The molecule has 1 aromatic rings. The van der Waals surface area contributed by atoms with E-state index < -0.39 is 16.1 Å². The lowest BCUT2D eigenvalue weighted by Crippen LogP contribution is -2.13. The Bertz CT molecular complexity index is 534. The summed E-state index contributed by atoms with van der Waals surface area (Å²) >= 11 is 11.4. The van der Waals surface area contributed by atoms with Crippen molar-refractivity contribution in [1.82, 2.24) is 0 Å². The molecule has 9 heteroatoms. The Morgan fingerprint density at radius 1 is 1.58 bits per heavy atom. The van der Waals surface area contributed by atoms with Crippen molar-refractivity contribution in [2.24, 2.45) is 5.10 Å². The second-order valence-corrected chi connectivity index (χ2v) is 3.92. The Morgan fingerprint density at radius 2 is 2.26 bits per heavy atom. The first-order valence-electron chi connectivity index (χ1n) is 5.06. The maximum Gasteiger partial charge on any atom is 0.370 e. The minimum Gasteiger partial charge on any atom is -0.461 e. The Kier molecular flexibility index (Phi) is 5.53. The number of nitro groups is 1. The minimum absolute atomic E-state index is 0.151. The minimum atomic E-state index is -0.807. The first-order valence-corrected chi connectivity index (χ1v) is 5.81. The van der Waals surface area contributed by atoms with Gasteiger partial charge < -0.3 is 4.74 Å². The van der Waals surface area contributed by atoms with Crippen molar-refractivity contribution in [1.29, 1.82) is 0 Å². The second-order valence-electron chi connectivity index (χ2n) is 3.16. The smallest absolute Gasteiger partial charge is 0.370 e. The molecular weight excluding hydrogens is 297 g/mol. The molecule has 1 rings (SSSR count). The van der Waals surface area contributed by atoms with Crippen LogP contribution in [0, 0.1) is 10.1 Å². The number of halogens is 2. The molecule has 1 N–H and O–H groups in total. The van der Waals surface area contributed by atoms with Gasteiger partial charge in [0.05, 0.1) is 22.2 Å². The number of non-ortho nitro benzene ring substituents is 1. The van der Waals surface area contributed by atoms with Gasteiger partial charge in [-0.2, -0.15) is 5.10 Å². The molecule has 1 aromatic carbocycles. The molecule has 0 atom stereocenters. The molecule has 0 spiro atoms. The molecule has 0 aliphatic rings. The molecule has 102 valence electrons. The van der Waals surface area contributed by atoms with Gasteiger partial charge in [0.2, 0.25) is 5.17 Å². The van der Waals surface area contributed by atoms with Crippen LogP contribution in [-0.4, -0.2) is 22.7 Å². The SMILES string of the molecule is CCOC(=O)C(Cl)=NNc1cc([N+](=O)[O-])ccc1Cl. The number of anilines is 1. The number of rotatable bonds is 5. The van der Waals surface area contributed by atoms with E-state index >= 15 is 0 Å². The lowest BCUT2D eigenvalue weighted by molar-refractivity contribution is -0.384. The van der Waals surface area contributed by atoms with Crippen molar-refractivity contribution in [3.05, 3.63) is 33.3 Å². The summed E-state index contributed by atoms with van der Waals surface area (Å²) in [6.07, 6.45) is 0. The number of hydrogen-bond acceptors (Lipinski definition) is 6. The van der Waals surface area contributed by atoms with E-state index in [1.165, 1.54) is 18.2 Å². The number of benzene rings is 1. The number of carbonyl (C=O) groups is 1. The summed E-state index contributed by atoms with van der Waals surface area (Å²) in [5, 5.41) is 13.9. The Hall–Kier alpha value is -1.86. The molecule has 0 amide bonds. The zero-order valence-corrected chi connectivity index (χ0v) is 11.2. The Labute approximate surface area is 118 Å². The van der Waals surface area contributed by atoms with Crippen molar-refractivity contribution in [3.8, 4) is 0 Å². The van der Waals surface area contributed by atoms with Gasteiger partial charge in [0, 0.05) is 12.1 Å². The highest BCUT2D eigenvalue weighted by atomic mass is 35.5.